The first kappa shape index (κ1) is 23.3. The van der Waals surface area contributed by atoms with Gasteiger partial charge >= 0.3 is 10.4 Å². The van der Waals surface area contributed by atoms with Gasteiger partial charge in [0.1, 0.15) is 0 Å². The molecule has 11 heteroatoms. The van der Waals surface area contributed by atoms with Gasteiger partial charge < -0.3 is 11.5 Å². The first-order valence-corrected chi connectivity index (χ1v) is 9.80. The van der Waals surface area contributed by atoms with Crippen molar-refractivity contribution in [2.45, 2.75) is 0 Å². The Morgan fingerprint density at radius 3 is 1.13 bits per heavy atom. The van der Waals surface area contributed by atoms with Gasteiger partial charge in [0.05, 0.1) is 11.4 Å². The Hall–Kier alpha value is -3.93. The Balaban J connectivity index is 0.000000182. The van der Waals surface area contributed by atoms with Gasteiger partial charge in [-0.05, 0) is 0 Å². The molecule has 10 nitrogen and oxygen atoms in total. The minimum Gasteiger partial charge on any atom is -0.395 e. The van der Waals surface area contributed by atoms with Crippen molar-refractivity contribution in [3.63, 3.8) is 0 Å². The van der Waals surface area contributed by atoms with Crippen LogP contribution in [0.2, 0.25) is 0 Å². The van der Waals surface area contributed by atoms with Crippen molar-refractivity contribution in [2.24, 2.45) is 11.5 Å². The maximum absolute atomic E-state index is 11.4. The summed E-state index contributed by atoms with van der Waals surface area (Å²) in [4.78, 5) is 45.5. The molecule has 0 heterocycles. The Kier molecular flexibility index (Phi) is 6.97. The number of hydrogen-bond acceptors (Lipinski definition) is 8. The average Bonchev–Trinajstić information content (AvgIpc) is 2.70. The largest absolute Gasteiger partial charge is 0.395 e. The van der Waals surface area contributed by atoms with E-state index < -0.39 is 10.4 Å². The zero-order valence-corrected chi connectivity index (χ0v) is 16.5. The standard InChI is InChI=1S/2C10H7NO2.H2O4S/c2*11-8-5-9(12)6-3-1-2-4-7(6)10(8)13;1-5(2,3)4/h2*1-5H,11H2;(H2,1,2,3,4). The summed E-state index contributed by atoms with van der Waals surface area (Å²) < 4.78 is 31.6. The summed E-state index contributed by atoms with van der Waals surface area (Å²) in [7, 11) is -4.67. The molecule has 0 bridgehead atoms. The Morgan fingerprint density at radius 2 is 0.839 bits per heavy atom. The third kappa shape index (κ3) is 6.02. The van der Waals surface area contributed by atoms with E-state index in [0.29, 0.717) is 22.3 Å². The van der Waals surface area contributed by atoms with Crippen molar-refractivity contribution in [1.82, 2.24) is 0 Å². The number of Topliss-reactive ketones (excluding diaryl/α,β-unsaturated/α-hetero) is 2. The smallest absolute Gasteiger partial charge is 0.394 e. The molecule has 2 aromatic rings. The van der Waals surface area contributed by atoms with Crippen LogP contribution in [0.25, 0.3) is 0 Å². The van der Waals surface area contributed by atoms with Crippen LogP contribution in [0.3, 0.4) is 0 Å². The average molecular weight is 444 g/mol. The molecule has 0 amide bonds. The van der Waals surface area contributed by atoms with Crippen LogP contribution in [0.1, 0.15) is 41.4 Å². The number of benzene rings is 2. The Morgan fingerprint density at radius 1 is 0.581 bits per heavy atom. The third-order valence-corrected chi connectivity index (χ3v) is 3.97. The number of hydrogen-bond donors (Lipinski definition) is 4. The number of carbonyl (C=O) groups is 4. The summed E-state index contributed by atoms with van der Waals surface area (Å²) in [5.74, 6) is -0.939. The number of rotatable bonds is 0. The summed E-state index contributed by atoms with van der Waals surface area (Å²) in [5.41, 5.74) is 12.4. The van der Waals surface area contributed by atoms with Gasteiger partial charge in [0.15, 0.2) is 11.6 Å². The lowest BCUT2D eigenvalue weighted by atomic mass is 9.93. The van der Waals surface area contributed by atoms with Crippen molar-refractivity contribution in [3.8, 4) is 0 Å². The predicted molar refractivity (Wildman–Crippen MR) is 109 cm³/mol. The van der Waals surface area contributed by atoms with Gasteiger partial charge in [0.25, 0.3) is 0 Å². The van der Waals surface area contributed by atoms with E-state index in [1.54, 1.807) is 48.5 Å². The number of fused-ring (bicyclic) bond motifs is 2. The van der Waals surface area contributed by atoms with Gasteiger partial charge in [-0.15, -0.1) is 0 Å². The summed E-state index contributed by atoms with van der Waals surface area (Å²) in [6.07, 6.45) is 2.34. The summed E-state index contributed by atoms with van der Waals surface area (Å²) in [6, 6.07) is 13.3. The molecule has 31 heavy (non-hydrogen) atoms. The van der Waals surface area contributed by atoms with Crippen LogP contribution in [0, 0.1) is 0 Å². The van der Waals surface area contributed by atoms with Crippen molar-refractivity contribution in [1.29, 1.82) is 0 Å². The number of ketones is 4. The molecular weight excluding hydrogens is 428 g/mol. The molecule has 2 aromatic carbocycles. The van der Waals surface area contributed by atoms with Crippen LogP contribution in [-0.2, 0) is 10.4 Å². The lowest BCUT2D eigenvalue weighted by Crippen LogP contribution is -2.21. The van der Waals surface area contributed by atoms with E-state index >= 15 is 0 Å². The second-order valence-electron chi connectivity index (χ2n) is 6.13. The van der Waals surface area contributed by atoms with Crippen molar-refractivity contribution >= 4 is 33.5 Å². The lowest BCUT2D eigenvalue weighted by Gasteiger charge is -2.10. The van der Waals surface area contributed by atoms with Crippen LogP contribution in [0.5, 0.6) is 0 Å². The molecule has 0 aliphatic heterocycles. The first-order valence-electron chi connectivity index (χ1n) is 8.40. The molecule has 160 valence electrons. The number of allylic oxidation sites excluding steroid dienone is 4. The van der Waals surface area contributed by atoms with Gasteiger partial charge in [-0.25, -0.2) is 0 Å². The fourth-order valence-electron chi connectivity index (χ4n) is 2.67. The second-order valence-corrected chi connectivity index (χ2v) is 7.02. The lowest BCUT2D eigenvalue weighted by molar-refractivity contribution is 0.0983. The van der Waals surface area contributed by atoms with Gasteiger partial charge in [0, 0.05) is 34.4 Å². The van der Waals surface area contributed by atoms with E-state index in [2.05, 4.69) is 0 Å². The van der Waals surface area contributed by atoms with Crippen LogP contribution in [0.15, 0.2) is 72.1 Å². The van der Waals surface area contributed by atoms with E-state index in [-0.39, 0.29) is 34.5 Å². The Labute approximate surface area is 176 Å². The highest BCUT2D eigenvalue weighted by molar-refractivity contribution is 7.79. The van der Waals surface area contributed by atoms with E-state index in [9.17, 15) is 19.2 Å². The minimum atomic E-state index is -4.67. The molecular formula is C20H16N2O8S. The van der Waals surface area contributed by atoms with Crippen LogP contribution < -0.4 is 11.5 Å². The third-order valence-electron chi connectivity index (χ3n) is 3.97. The predicted octanol–water partition coefficient (Wildman–Crippen LogP) is 1.16. The van der Waals surface area contributed by atoms with Crippen molar-refractivity contribution in [2.75, 3.05) is 0 Å². The number of carbonyl (C=O) groups excluding carboxylic acids is 4. The summed E-state index contributed by atoms with van der Waals surface area (Å²) in [6.45, 7) is 0. The quantitative estimate of drug-likeness (QED) is 0.428. The fourth-order valence-corrected chi connectivity index (χ4v) is 2.67. The van der Waals surface area contributed by atoms with Crippen LogP contribution in [-0.4, -0.2) is 40.7 Å². The molecule has 0 unspecified atom stereocenters. The highest BCUT2D eigenvalue weighted by Crippen LogP contribution is 2.19. The maximum Gasteiger partial charge on any atom is 0.394 e. The molecule has 2 aliphatic rings. The molecule has 0 radical (unpaired) electrons. The number of nitrogens with two attached hydrogens (primary N) is 2. The SMILES string of the molecule is NC1=CC(=O)c2ccccc2C1=O.NC1=CC(=O)c2ccccc2C1=O.O=S(=O)(O)O. The van der Waals surface area contributed by atoms with Crippen molar-refractivity contribution in [3.05, 3.63) is 94.3 Å². The molecule has 0 fully saturated rings. The van der Waals surface area contributed by atoms with Crippen LogP contribution in [0.4, 0.5) is 0 Å². The van der Waals surface area contributed by atoms with E-state index in [1.807, 2.05) is 0 Å². The van der Waals surface area contributed by atoms with E-state index in [4.69, 9.17) is 29.0 Å². The second kappa shape index (κ2) is 9.26. The van der Waals surface area contributed by atoms with Crippen molar-refractivity contribution < 1.29 is 36.7 Å². The highest BCUT2D eigenvalue weighted by atomic mass is 32.3. The van der Waals surface area contributed by atoms with Gasteiger partial charge in [-0.2, -0.15) is 8.42 Å². The van der Waals surface area contributed by atoms with Gasteiger partial charge in [-0.3, -0.25) is 28.3 Å². The topological polar surface area (TPSA) is 195 Å². The zero-order chi connectivity index (χ0) is 23.3. The van der Waals surface area contributed by atoms with Crippen LogP contribution >= 0.6 is 0 Å². The highest BCUT2D eigenvalue weighted by Gasteiger charge is 2.23. The molecule has 0 aromatic heterocycles. The Bertz CT molecular complexity index is 1170. The molecule has 0 atom stereocenters. The summed E-state index contributed by atoms with van der Waals surface area (Å²) in [5, 5.41) is 0. The minimum absolute atomic E-state index is 0.0173. The van der Waals surface area contributed by atoms with Gasteiger partial charge in [-0.1, -0.05) is 48.5 Å². The van der Waals surface area contributed by atoms with E-state index in [0.717, 1.165) is 0 Å². The molecule has 6 N–H and O–H groups in total. The van der Waals surface area contributed by atoms with E-state index in [1.165, 1.54) is 12.2 Å². The fraction of sp³-hybridized carbons (Fsp3) is 0. The normalized spacial score (nSPS) is 14.6. The first-order chi connectivity index (χ1) is 14.4. The monoisotopic (exact) mass is 444 g/mol. The molecule has 4 rings (SSSR count). The summed E-state index contributed by atoms with van der Waals surface area (Å²) >= 11 is 0. The maximum atomic E-state index is 11.4. The van der Waals surface area contributed by atoms with Gasteiger partial charge in [0.2, 0.25) is 11.6 Å². The molecule has 0 spiro atoms. The molecule has 2 aliphatic carbocycles. The molecule has 0 saturated carbocycles. The zero-order valence-electron chi connectivity index (χ0n) is 15.7. The molecule has 0 saturated heterocycles.